The van der Waals surface area contributed by atoms with Crippen LogP contribution in [0.4, 0.5) is 9.18 Å². The van der Waals surface area contributed by atoms with Gasteiger partial charge in [-0.2, -0.15) is 5.10 Å². The molecule has 0 atom stereocenters. The summed E-state index contributed by atoms with van der Waals surface area (Å²) < 4.78 is 22.6. The van der Waals surface area contributed by atoms with Crippen molar-refractivity contribution in [3.8, 4) is 22.7 Å². The molecule has 0 radical (unpaired) electrons. The Morgan fingerprint density at radius 2 is 1.75 bits per heavy atom. The lowest BCUT2D eigenvalue weighted by Gasteiger charge is -2.36. The molecule has 0 unspecified atom stereocenters. The molecule has 4 rings (SSSR count). The van der Waals surface area contributed by atoms with Gasteiger partial charge in [-0.3, -0.25) is 5.21 Å². The Hall–Kier alpha value is -3.43. The van der Waals surface area contributed by atoms with Gasteiger partial charge in [0, 0.05) is 18.7 Å². The number of hydroxylamine groups is 1. The molecule has 8 nitrogen and oxygen atoms in total. The molecule has 32 heavy (non-hydrogen) atoms. The zero-order valence-electron chi connectivity index (χ0n) is 17.9. The molecule has 1 aromatic heterocycles. The van der Waals surface area contributed by atoms with Gasteiger partial charge >= 0.3 is 6.03 Å². The molecule has 9 heteroatoms. The Labute approximate surface area is 184 Å². The molecule has 1 aliphatic heterocycles. The van der Waals surface area contributed by atoms with Crippen LogP contribution in [0.3, 0.4) is 0 Å². The highest BCUT2D eigenvalue weighted by Gasteiger charge is 2.41. The van der Waals surface area contributed by atoms with Crippen molar-refractivity contribution in [3.05, 3.63) is 65.6 Å². The highest BCUT2D eigenvalue weighted by Crippen LogP contribution is 2.38. The fraction of sp³-hybridized carbons (Fsp3) is 0.304. The van der Waals surface area contributed by atoms with Crippen molar-refractivity contribution in [1.29, 1.82) is 0 Å². The molecule has 0 bridgehead atoms. The van der Waals surface area contributed by atoms with Gasteiger partial charge in [-0.1, -0.05) is 29.8 Å². The number of carbonyl (C=O) groups is 1. The molecule has 0 spiro atoms. The second kappa shape index (κ2) is 8.60. The number of hydrogen-bond acceptors (Lipinski definition) is 5. The van der Waals surface area contributed by atoms with Gasteiger partial charge in [0.1, 0.15) is 22.7 Å². The van der Waals surface area contributed by atoms with E-state index in [0.717, 1.165) is 5.56 Å². The number of aryl methyl sites for hydroxylation is 1. The number of nitrogens with zero attached hydrogens (tertiary/aromatic N) is 3. The molecule has 1 saturated heterocycles. The van der Waals surface area contributed by atoms with Crippen LogP contribution in [-0.4, -0.2) is 51.2 Å². The first-order chi connectivity index (χ1) is 15.4. The van der Waals surface area contributed by atoms with Crippen molar-refractivity contribution >= 4 is 6.03 Å². The van der Waals surface area contributed by atoms with Crippen LogP contribution in [0.5, 0.6) is 5.75 Å². The van der Waals surface area contributed by atoms with Crippen LogP contribution in [-0.2, 0) is 5.60 Å². The van der Waals surface area contributed by atoms with Gasteiger partial charge in [-0.15, -0.1) is 0 Å². The van der Waals surface area contributed by atoms with Crippen LogP contribution in [0.25, 0.3) is 16.9 Å². The normalized spacial score (nSPS) is 15.5. The van der Waals surface area contributed by atoms with Gasteiger partial charge in [0.15, 0.2) is 5.82 Å². The third-order valence-electron chi connectivity index (χ3n) is 5.88. The molecule has 3 aromatic rings. The van der Waals surface area contributed by atoms with Crippen LogP contribution >= 0.6 is 0 Å². The van der Waals surface area contributed by atoms with Gasteiger partial charge in [0.25, 0.3) is 0 Å². The number of piperidine rings is 1. The molecule has 2 heterocycles. The molecule has 1 aliphatic rings. The topological polar surface area (TPSA) is 99.9 Å². The second-order valence-electron chi connectivity index (χ2n) is 7.92. The molecule has 2 aromatic carbocycles. The van der Waals surface area contributed by atoms with Crippen LogP contribution < -0.4 is 10.2 Å². The number of hydrogen-bond donors (Lipinski definition) is 3. The van der Waals surface area contributed by atoms with E-state index in [4.69, 9.17) is 9.94 Å². The van der Waals surface area contributed by atoms with Gasteiger partial charge < -0.3 is 14.7 Å². The zero-order valence-corrected chi connectivity index (χ0v) is 17.9. The van der Waals surface area contributed by atoms with E-state index in [0.29, 0.717) is 17.0 Å². The van der Waals surface area contributed by atoms with E-state index < -0.39 is 17.4 Å². The predicted octanol–water partition coefficient (Wildman–Crippen LogP) is 3.38. The van der Waals surface area contributed by atoms with E-state index in [2.05, 4.69) is 5.10 Å². The number of aliphatic hydroxyl groups is 1. The van der Waals surface area contributed by atoms with Crippen molar-refractivity contribution < 1.29 is 24.2 Å². The number of benzene rings is 2. The molecule has 0 saturated carbocycles. The van der Waals surface area contributed by atoms with Crippen LogP contribution in [0.2, 0.25) is 0 Å². The van der Waals surface area contributed by atoms with E-state index >= 15 is 4.39 Å². The van der Waals surface area contributed by atoms with Gasteiger partial charge in [-0.05, 0) is 44.0 Å². The van der Waals surface area contributed by atoms with Gasteiger partial charge in [-0.25, -0.2) is 19.3 Å². The number of carbonyl (C=O) groups excluding carboxylic acids is 1. The van der Waals surface area contributed by atoms with Crippen molar-refractivity contribution in [3.63, 3.8) is 0 Å². The number of aromatic nitrogens is 2. The lowest BCUT2D eigenvalue weighted by Crippen LogP contribution is -2.48. The second-order valence-corrected chi connectivity index (χ2v) is 7.92. The van der Waals surface area contributed by atoms with E-state index in [1.54, 1.807) is 36.9 Å². The van der Waals surface area contributed by atoms with E-state index in [-0.39, 0.29) is 37.3 Å². The first kappa shape index (κ1) is 21.8. The monoisotopic (exact) mass is 440 g/mol. The first-order valence-corrected chi connectivity index (χ1v) is 10.3. The van der Waals surface area contributed by atoms with Crippen molar-refractivity contribution in [1.82, 2.24) is 20.2 Å². The summed E-state index contributed by atoms with van der Waals surface area (Å²) >= 11 is 0. The highest BCUT2D eigenvalue weighted by molar-refractivity contribution is 5.73. The maximum atomic E-state index is 15.9. The number of ether oxygens (including phenoxy) is 1. The minimum absolute atomic E-state index is 0.0621. The Morgan fingerprint density at radius 3 is 2.31 bits per heavy atom. The van der Waals surface area contributed by atoms with Crippen molar-refractivity contribution in [2.75, 3.05) is 20.2 Å². The summed E-state index contributed by atoms with van der Waals surface area (Å²) in [5.41, 5.74) is 2.50. The number of amides is 2. The molecule has 2 amide bonds. The summed E-state index contributed by atoms with van der Waals surface area (Å²) in [7, 11) is 1.57. The number of nitrogens with one attached hydrogen (secondary N) is 1. The fourth-order valence-electron chi connectivity index (χ4n) is 3.95. The average molecular weight is 440 g/mol. The lowest BCUT2D eigenvalue weighted by atomic mass is 9.87. The Morgan fingerprint density at radius 1 is 1.12 bits per heavy atom. The van der Waals surface area contributed by atoms with Gasteiger partial charge in [0.2, 0.25) is 0 Å². The third-order valence-corrected chi connectivity index (χ3v) is 5.88. The minimum Gasteiger partial charge on any atom is -0.497 e. The fourth-order valence-corrected chi connectivity index (χ4v) is 3.95. The summed E-state index contributed by atoms with van der Waals surface area (Å²) in [6.45, 7) is 2.25. The summed E-state index contributed by atoms with van der Waals surface area (Å²) in [5, 5.41) is 24.6. The first-order valence-electron chi connectivity index (χ1n) is 10.3. The van der Waals surface area contributed by atoms with Crippen LogP contribution in [0.15, 0.2) is 48.5 Å². The smallest absolute Gasteiger partial charge is 0.341 e. The average Bonchev–Trinajstić information content (AvgIpc) is 3.17. The van der Waals surface area contributed by atoms with Crippen LogP contribution in [0.1, 0.15) is 24.1 Å². The number of likely N-dealkylation sites (tertiary alicyclic amines) is 1. The summed E-state index contributed by atoms with van der Waals surface area (Å²) in [4.78, 5) is 13.0. The Bertz CT molecular complexity index is 1100. The number of halogens is 1. The van der Waals surface area contributed by atoms with Crippen molar-refractivity contribution in [2.45, 2.75) is 25.4 Å². The van der Waals surface area contributed by atoms with E-state index in [1.165, 1.54) is 9.58 Å². The highest BCUT2D eigenvalue weighted by atomic mass is 19.1. The Balaban J connectivity index is 1.79. The van der Waals surface area contributed by atoms with Crippen LogP contribution in [0, 0.1) is 12.7 Å². The summed E-state index contributed by atoms with van der Waals surface area (Å²) in [5.74, 6) is 0.0545. The zero-order chi connectivity index (χ0) is 22.9. The largest absolute Gasteiger partial charge is 0.497 e. The minimum atomic E-state index is -1.55. The maximum absolute atomic E-state index is 15.9. The summed E-state index contributed by atoms with van der Waals surface area (Å²) in [6, 6.07) is 13.8. The quantitative estimate of drug-likeness (QED) is 0.427. The van der Waals surface area contributed by atoms with E-state index in [1.807, 2.05) is 31.2 Å². The maximum Gasteiger partial charge on any atom is 0.341 e. The molecule has 1 fully saturated rings. The SMILES string of the molecule is COc1ccc(-n2nc(C3(O)CCN(C(=O)NO)CC3)c(F)c2-c2ccc(C)cc2)cc1. The molecular formula is C23H25FN4O4. The molecule has 168 valence electrons. The molecular weight excluding hydrogens is 415 g/mol. The third kappa shape index (κ3) is 3.92. The molecule has 0 aliphatic carbocycles. The standard InChI is InChI=1S/C23H25FN4O4/c1-15-3-5-16(6-4-15)20-19(24)21(23(30)11-13-27(14-12-23)22(29)26-31)25-28(20)17-7-9-18(32-2)10-8-17/h3-10,30-31H,11-14H2,1-2H3,(H,26,29). The van der Waals surface area contributed by atoms with Gasteiger partial charge in [0.05, 0.1) is 12.8 Å². The molecule has 3 N–H and O–H groups in total. The van der Waals surface area contributed by atoms with Crippen molar-refractivity contribution in [2.24, 2.45) is 0 Å². The lowest BCUT2D eigenvalue weighted by molar-refractivity contribution is -0.0259. The Kier molecular flexibility index (Phi) is 5.86. The van der Waals surface area contributed by atoms with E-state index in [9.17, 15) is 9.90 Å². The number of rotatable bonds is 4. The summed E-state index contributed by atoms with van der Waals surface area (Å²) in [6.07, 6.45) is 0.175. The number of urea groups is 1. The predicted molar refractivity (Wildman–Crippen MR) is 115 cm³/mol. The number of methoxy groups -OCH3 is 1.